The van der Waals surface area contributed by atoms with Crippen molar-refractivity contribution < 1.29 is 4.39 Å². The van der Waals surface area contributed by atoms with E-state index in [1.54, 1.807) is 12.3 Å². The number of halogens is 1. The molecule has 0 unspecified atom stereocenters. The van der Waals surface area contributed by atoms with Crippen LogP contribution in [0.15, 0.2) is 24.5 Å². The van der Waals surface area contributed by atoms with E-state index in [2.05, 4.69) is 5.10 Å². The molecule has 1 aromatic carbocycles. The van der Waals surface area contributed by atoms with Crippen molar-refractivity contribution in [3.63, 3.8) is 0 Å². The molecule has 4 nitrogen and oxygen atoms in total. The summed E-state index contributed by atoms with van der Waals surface area (Å²) < 4.78 is 15.8. The van der Waals surface area contributed by atoms with Crippen molar-refractivity contribution in [1.29, 1.82) is 0 Å². The van der Waals surface area contributed by atoms with Crippen LogP contribution in [0.5, 0.6) is 0 Å². The van der Waals surface area contributed by atoms with E-state index in [1.807, 2.05) is 10.9 Å². The van der Waals surface area contributed by atoms with E-state index in [0.717, 1.165) is 12.1 Å². The summed E-state index contributed by atoms with van der Waals surface area (Å²) >= 11 is 0. The molecule has 0 radical (unpaired) electrons. The fourth-order valence-electron chi connectivity index (χ4n) is 2.37. The van der Waals surface area contributed by atoms with Gasteiger partial charge in [-0.2, -0.15) is 5.10 Å². The Hall–Kier alpha value is -2.04. The molecule has 100 valence electrons. The maximum absolute atomic E-state index is 13.9. The lowest BCUT2D eigenvalue weighted by molar-refractivity contribution is 0.266. The molecule has 3 rings (SSSR count). The highest BCUT2D eigenvalue weighted by Crippen LogP contribution is 2.30. The standard InChI is InChI=1S/C14H17FN4/c15-12-5-14(17)13(16)4-11(12)10-6-18-19(8-10)7-9-2-1-3-9/h4-6,8-9H,1-3,7,16-17H2. The normalized spacial score (nSPS) is 15.4. The lowest BCUT2D eigenvalue weighted by Crippen LogP contribution is -2.18. The van der Waals surface area contributed by atoms with E-state index >= 15 is 0 Å². The summed E-state index contributed by atoms with van der Waals surface area (Å²) in [7, 11) is 0. The monoisotopic (exact) mass is 260 g/mol. The molecule has 0 atom stereocenters. The summed E-state index contributed by atoms with van der Waals surface area (Å²) in [6.45, 7) is 0.909. The second-order valence-corrected chi connectivity index (χ2v) is 5.21. The number of aromatic nitrogens is 2. The highest BCUT2D eigenvalue weighted by Gasteiger charge is 2.18. The van der Waals surface area contributed by atoms with Crippen molar-refractivity contribution >= 4 is 11.4 Å². The van der Waals surface area contributed by atoms with Crippen molar-refractivity contribution in [2.24, 2.45) is 5.92 Å². The van der Waals surface area contributed by atoms with Gasteiger partial charge in [-0.1, -0.05) is 6.42 Å². The second-order valence-electron chi connectivity index (χ2n) is 5.21. The summed E-state index contributed by atoms with van der Waals surface area (Å²) in [5.41, 5.74) is 13.2. The van der Waals surface area contributed by atoms with Crippen molar-refractivity contribution in [2.45, 2.75) is 25.8 Å². The largest absolute Gasteiger partial charge is 0.397 e. The van der Waals surface area contributed by atoms with Crippen LogP contribution < -0.4 is 11.5 Å². The lowest BCUT2D eigenvalue weighted by atomic mass is 9.85. The Balaban J connectivity index is 1.87. The van der Waals surface area contributed by atoms with Gasteiger partial charge in [-0.05, 0) is 30.9 Å². The summed E-state index contributed by atoms with van der Waals surface area (Å²) in [6, 6.07) is 2.82. The number of hydrogen-bond acceptors (Lipinski definition) is 3. The van der Waals surface area contributed by atoms with Crippen LogP contribution in [0.25, 0.3) is 11.1 Å². The molecule has 1 aliphatic carbocycles. The Labute approximate surface area is 111 Å². The molecule has 1 aromatic heterocycles. The number of benzene rings is 1. The van der Waals surface area contributed by atoms with E-state index in [4.69, 9.17) is 11.5 Å². The zero-order valence-corrected chi connectivity index (χ0v) is 10.6. The first-order valence-electron chi connectivity index (χ1n) is 6.51. The zero-order chi connectivity index (χ0) is 13.4. The first-order chi connectivity index (χ1) is 9.13. The number of rotatable bonds is 3. The maximum atomic E-state index is 13.9. The quantitative estimate of drug-likeness (QED) is 0.833. The fourth-order valence-corrected chi connectivity index (χ4v) is 2.37. The Morgan fingerprint density at radius 3 is 2.68 bits per heavy atom. The number of nitrogens with two attached hydrogens (primary N) is 2. The topological polar surface area (TPSA) is 69.9 Å². The molecule has 0 saturated heterocycles. The Bertz CT molecular complexity index is 601. The zero-order valence-electron chi connectivity index (χ0n) is 10.6. The minimum Gasteiger partial charge on any atom is -0.397 e. The minimum absolute atomic E-state index is 0.267. The van der Waals surface area contributed by atoms with E-state index in [9.17, 15) is 4.39 Å². The van der Waals surface area contributed by atoms with Crippen LogP contribution in [0.4, 0.5) is 15.8 Å². The van der Waals surface area contributed by atoms with E-state index in [0.29, 0.717) is 17.2 Å². The average Bonchev–Trinajstić information content (AvgIpc) is 2.77. The minimum atomic E-state index is -0.366. The van der Waals surface area contributed by atoms with Gasteiger partial charge in [-0.15, -0.1) is 0 Å². The number of hydrogen-bond donors (Lipinski definition) is 2. The third-order valence-electron chi connectivity index (χ3n) is 3.79. The second kappa shape index (κ2) is 4.57. The molecule has 1 fully saturated rings. The van der Waals surface area contributed by atoms with Crippen LogP contribution in [0.1, 0.15) is 19.3 Å². The molecule has 0 spiro atoms. The fraction of sp³-hybridized carbons (Fsp3) is 0.357. The van der Waals surface area contributed by atoms with E-state index in [-0.39, 0.29) is 11.5 Å². The van der Waals surface area contributed by atoms with Gasteiger partial charge >= 0.3 is 0 Å². The molecular weight excluding hydrogens is 243 g/mol. The van der Waals surface area contributed by atoms with Gasteiger partial charge < -0.3 is 11.5 Å². The highest BCUT2D eigenvalue weighted by atomic mass is 19.1. The van der Waals surface area contributed by atoms with Crippen LogP contribution in [-0.4, -0.2) is 9.78 Å². The number of nitrogen functional groups attached to an aromatic ring is 2. The smallest absolute Gasteiger partial charge is 0.133 e. The number of anilines is 2. The SMILES string of the molecule is Nc1cc(F)c(-c2cnn(CC3CCC3)c2)cc1N. The Kier molecular flexibility index (Phi) is 2.89. The molecule has 4 N–H and O–H groups in total. The van der Waals surface area contributed by atoms with E-state index < -0.39 is 0 Å². The van der Waals surface area contributed by atoms with Crippen LogP contribution in [0.3, 0.4) is 0 Å². The molecule has 0 aliphatic heterocycles. The summed E-state index contributed by atoms with van der Waals surface area (Å²) in [6.07, 6.45) is 7.37. The maximum Gasteiger partial charge on any atom is 0.133 e. The van der Waals surface area contributed by atoms with Crippen molar-refractivity contribution in [3.8, 4) is 11.1 Å². The highest BCUT2D eigenvalue weighted by molar-refractivity contribution is 5.74. The van der Waals surface area contributed by atoms with Crippen molar-refractivity contribution in [2.75, 3.05) is 11.5 Å². The molecular formula is C14H17FN4. The van der Waals surface area contributed by atoms with Gasteiger partial charge in [0.15, 0.2) is 0 Å². The van der Waals surface area contributed by atoms with Crippen molar-refractivity contribution in [1.82, 2.24) is 9.78 Å². The Morgan fingerprint density at radius 1 is 1.26 bits per heavy atom. The van der Waals surface area contributed by atoms with Gasteiger partial charge in [0.2, 0.25) is 0 Å². The average molecular weight is 260 g/mol. The van der Waals surface area contributed by atoms with Crippen LogP contribution >= 0.6 is 0 Å². The van der Waals surface area contributed by atoms with Crippen LogP contribution in [0.2, 0.25) is 0 Å². The first-order valence-corrected chi connectivity index (χ1v) is 6.51. The van der Waals surface area contributed by atoms with Crippen molar-refractivity contribution in [3.05, 3.63) is 30.3 Å². The summed E-state index contributed by atoms with van der Waals surface area (Å²) in [4.78, 5) is 0. The van der Waals surface area contributed by atoms with Gasteiger partial charge in [0, 0.05) is 23.9 Å². The predicted octanol–water partition coefficient (Wildman–Crippen LogP) is 2.65. The van der Waals surface area contributed by atoms with Crippen LogP contribution in [0, 0.1) is 11.7 Å². The third kappa shape index (κ3) is 2.28. The summed E-state index contributed by atoms with van der Waals surface area (Å²) in [5.74, 6) is 0.351. The molecule has 5 heteroatoms. The molecule has 1 aliphatic rings. The van der Waals surface area contributed by atoms with E-state index in [1.165, 1.54) is 25.3 Å². The molecule has 2 aromatic rings. The van der Waals surface area contributed by atoms with Gasteiger partial charge in [0.05, 0.1) is 17.6 Å². The van der Waals surface area contributed by atoms with Gasteiger partial charge in [0.1, 0.15) is 5.82 Å². The molecule has 19 heavy (non-hydrogen) atoms. The third-order valence-corrected chi connectivity index (χ3v) is 3.79. The molecule has 0 amide bonds. The van der Waals surface area contributed by atoms with Gasteiger partial charge in [-0.25, -0.2) is 4.39 Å². The predicted molar refractivity (Wildman–Crippen MR) is 73.8 cm³/mol. The van der Waals surface area contributed by atoms with Gasteiger partial charge in [-0.3, -0.25) is 4.68 Å². The lowest BCUT2D eigenvalue weighted by Gasteiger charge is -2.24. The van der Waals surface area contributed by atoms with Gasteiger partial charge in [0.25, 0.3) is 0 Å². The Morgan fingerprint density at radius 2 is 2.00 bits per heavy atom. The molecule has 0 bridgehead atoms. The first kappa shape index (κ1) is 12.0. The molecule has 1 saturated carbocycles. The molecule has 1 heterocycles. The summed E-state index contributed by atoms with van der Waals surface area (Å²) in [5, 5.41) is 4.29. The van der Waals surface area contributed by atoms with Crippen LogP contribution in [-0.2, 0) is 6.54 Å². The number of nitrogens with zero attached hydrogens (tertiary/aromatic N) is 2.